The largest absolute Gasteiger partial charge is 0.478 e. The van der Waals surface area contributed by atoms with Gasteiger partial charge in [-0.3, -0.25) is 0 Å². The molecule has 4 N–H and O–H groups in total. The average molecular weight is 355 g/mol. The Bertz CT molecular complexity index is 716. The van der Waals surface area contributed by atoms with E-state index in [1.807, 2.05) is 0 Å². The third-order valence-electron chi connectivity index (χ3n) is 4.27. The summed E-state index contributed by atoms with van der Waals surface area (Å²) in [5.74, 6) is -1.19. The van der Waals surface area contributed by atoms with Crippen LogP contribution in [-0.2, 0) is 10.0 Å². The van der Waals surface area contributed by atoms with Gasteiger partial charge in [-0.15, -0.1) is 0 Å². The van der Waals surface area contributed by atoms with Crippen LogP contribution < -0.4 is 10.5 Å². The number of hydrogen-bond acceptors (Lipinski definition) is 5. The highest BCUT2D eigenvalue weighted by Gasteiger charge is 2.25. The highest BCUT2D eigenvalue weighted by atomic mass is 32.2. The van der Waals surface area contributed by atoms with Gasteiger partial charge in [0.15, 0.2) is 0 Å². The molecule has 1 heterocycles. The zero-order chi connectivity index (χ0) is 18.0. The Balaban J connectivity index is 2.03. The van der Waals surface area contributed by atoms with E-state index in [4.69, 9.17) is 5.14 Å². The van der Waals surface area contributed by atoms with Gasteiger partial charge in [-0.1, -0.05) is 13.8 Å². The number of anilines is 1. The number of carboxylic acids is 1. The minimum atomic E-state index is -3.93. The molecule has 2 rings (SSSR count). The first-order valence-corrected chi connectivity index (χ1v) is 9.49. The molecule has 0 unspecified atom stereocenters. The predicted molar refractivity (Wildman–Crippen MR) is 92.7 cm³/mol. The van der Waals surface area contributed by atoms with Crippen LogP contribution in [0.5, 0.6) is 0 Å². The van der Waals surface area contributed by atoms with Crippen molar-refractivity contribution >= 4 is 21.7 Å². The lowest BCUT2D eigenvalue weighted by atomic mass is 9.84. The van der Waals surface area contributed by atoms with E-state index in [2.05, 4.69) is 24.1 Å². The van der Waals surface area contributed by atoms with E-state index in [1.54, 1.807) is 0 Å². The number of benzene rings is 1. The summed E-state index contributed by atoms with van der Waals surface area (Å²) in [5.41, 5.74) is 0.605. The third-order valence-corrected chi connectivity index (χ3v) is 5.18. The predicted octanol–water partition coefficient (Wildman–Crippen LogP) is 1.57. The lowest BCUT2D eigenvalue weighted by molar-refractivity contribution is 0.0697. The van der Waals surface area contributed by atoms with Crippen LogP contribution in [0.1, 0.15) is 37.0 Å². The standard InChI is InChI=1S/C16H25N3O4S/c1-16(2)6-3-8-19(11-16)9-7-18-14-5-4-12(24(17,22)23)10-13(14)15(20)21/h4-5,10,18H,3,6-9,11H2,1-2H3,(H,20,21)(H2,17,22,23). The summed E-state index contributed by atoms with van der Waals surface area (Å²) in [6, 6.07) is 3.85. The van der Waals surface area contributed by atoms with Crippen molar-refractivity contribution in [2.75, 3.05) is 31.5 Å². The van der Waals surface area contributed by atoms with Gasteiger partial charge in [0.05, 0.1) is 10.5 Å². The Kier molecular flexibility index (Phi) is 5.52. The molecule has 0 saturated carbocycles. The highest BCUT2D eigenvalue weighted by Crippen LogP contribution is 2.28. The lowest BCUT2D eigenvalue weighted by Gasteiger charge is -2.38. The van der Waals surface area contributed by atoms with Crippen LogP contribution in [0.25, 0.3) is 0 Å². The van der Waals surface area contributed by atoms with Gasteiger partial charge >= 0.3 is 5.97 Å². The Labute approximate surface area is 142 Å². The molecule has 0 aromatic heterocycles. The molecular weight excluding hydrogens is 330 g/mol. The van der Waals surface area contributed by atoms with Gasteiger partial charge in [-0.05, 0) is 43.0 Å². The maximum atomic E-state index is 11.4. The number of primary sulfonamides is 1. The van der Waals surface area contributed by atoms with Crippen molar-refractivity contribution in [1.82, 2.24) is 4.90 Å². The number of nitrogens with one attached hydrogen (secondary N) is 1. The first-order chi connectivity index (χ1) is 11.1. The van der Waals surface area contributed by atoms with Crippen molar-refractivity contribution in [2.45, 2.75) is 31.6 Å². The molecule has 1 aliphatic heterocycles. The van der Waals surface area contributed by atoms with Crippen molar-refractivity contribution in [1.29, 1.82) is 0 Å². The molecule has 0 atom stereocenters. The summed E-state index contributed by atoms with van der Waals surface area (Å²) < 4.78 is 22.7. The zero-order valence-corrected chi connectivity index (χ0v) is 14.9. The second kappa shape index (κ2) is 7.08. The molecule has 1 aromatic carbocycles. The van der Waals surface area contributed by atoms with Crippen LogP contribution in [0.2, 0.25) is 0 Å². The van der Waals surface area contributed by atoms with E-state index >= 15 is 0 Å². The van der Waals surface area contributed by atoms with Crippen molar-refractivity contribution in [2.24, 2.45) is 10.6 Å². The monoisotopic (exact) mass is 355 g/mol. The molecule has 24 heavy (non-hydrogen) atoms. The molecule has 1 aromatic rings. The number of nitrogens with zero attached hydrogens (tertiary/aromatic N) is 1. The third kappa shape index (κ3) is 4.93. The van der Waals surface area contributed by atoms with Crippen LogP contribution in [0, 0.1) is 5.41 Å². The molecule has 8 heteroatoms. The molecule has 0 bridgehead atoms. The van der Waals surface area contributed by atoms with E-state index in [0.717, 1.165) is 32.1 Å². The Morgan fingerprint density at radius 3 is 2.71 bits per heavy atom. The van der Waals surface area contributed by atoms with Crippen LogP contribution >= 0.6 is 0 Å². The maximum Gasteiger partial charge on any atom is 0.337 e. The molecule has 0 amide bonds. The minimum absolute atomic E-state index is 0.0968. The fourth-order valence-electron chi connectivity index (χ4n) is 3.12. The van der Waals surface area contributed by atoms with Gasteiger partial charge in [0.1, 0.15) is 0 Å². The number of piperidine rings is 1. The first-order valence-electron chi connectivity index (χ1n) is 7.95. The summed E-state index contributed by atoms with van der Waals surface area (Å²) in [6.07, 6.45) is 2.38. The van der Waals surface area contributed by atoms with E-state index in [9.17, 15) is 18.3 Å². The number of hydrogen-bond donors (Lipinski definition) is 3. The number of likely N-dealkylation sites (tertiary alicyclic amines) is 1. The van der Waals surface area contributed by atoms with Gasteiger partial charge in [-0.2, -0.15) is 0 Å². The SMILES string of the molecule is CC1(C)CCCN(CCNc2ccc(S(N)(=O)=O)cc2C(=O)O)C1. The lowest BCUT2D eigenvalue weighted by Crippen LogP contribution is -2.42. The average Bonchev–Trinajstić information content (AvgIpc) is 2.45. The number of aromatic carboxylic acids is 1. The van der Waals surface area contributed by atoms with Crippen molar-refractivity contribution in [3.8, 4) is 0 Å². The molecular formula is C16H25N3O4S. The van der Waals surface area contributed by atoms with Crippen LogP contribution in [0.4, 0.5) is 5.69 Å². The van der Waals surface area contributed by atoms with E-state index in [-0.39, 0.29) is 10.5 Å². The Hall–Kier alpha value is -1.64. The zero-order valence-electron chi connectivity index (χ0n) is 14.1. The maximum absolute atomic E-state index is 11.4. The van der Waals surface area contributed by atoms with Crippen LogP contribution in [-0.4, -0.2) is 50.6 Å². The second-order valence-corrected chi connectivity index (χ2v) is 8.59. The number of rotatable bonds is 6. The van der Waals surface area contributed by atoms with Crippen molar-refractivity contribution in [3.63, 3.8) is 0 Å². The molecule has 0 radical (unpaired) electrons. The van der Waals surface area contributed by atoms with E-state index < -0.39 is 16.0 Å². The van der Waals surface area contributed by atoms with Crippen LogP contribution in [0.15, 0.2) is 23.1 Å². The number of nitrogens with two attached hydrogens (primary N) is 1. The van der Waals surface area contributed by atoms with Crippen molar-refractivity contribution < 1.29 is 18.3 Å². The van der Waals surface area contributed by atoms with Gasteiger partial charge < -0.3 is 15.3 Å². The molecule has 1 saturated heterocycles. The molecule has 7 nitrogen and oxygen atoms in total. The molecule has 0 aliphatic carbocycles. The fraction of sp³-hybridized carbons (Fsp3) is 0.562. The molecule has 1 aliphatic rings. The smallest absolute Gasteiger partial charge is 0.337 e. The molecule has 1 fully saturated rings. The number of carbonyl (C=O) groups is 1. The van der Waals surface area contributed by atoms with Crippen molar-refractivity contribution in [3.05, 3.63) is 23.8 Å². The van der Waals surface area contributed by atoms with E-state index in [1.165, 1.54) is 18.6 Å². The quantitative estimate of drug-likeness (QED) is 0.714. The summed E-state index contributed by atoms with van der Waals surface area (Å²) in [4.78, 5) is 13.5. The van der Waals surface area contributed by atoms with Crippen LogP contribution in [0.3, 0.4) is 0 Å². The number of sulfonamides is 1. The van der Waals surface area contributed by atoms with E-state index in [0.29, 0.717) is 17.6 Å². The number of carboxylic acid groups (broad SMARTS) is 1. The summed E-state index contributed by atoms with van der Waals surface area (Å²) in [5, 5.41) is 17.4. The topological polar surface area (TPSA) is 113 Å². The Morgan fingerprint density at radius 2 is 2.12 bits per heavy atom. The van der Waals surface area contributed by atoms with Gasteiger partial charge in [0.25, 0.3) is 0 Å². The minimum Gasteiger partial charge on any atom is -0.478 e. The fourth-order valence-corrected chi connectivity index (χ4v) is 3.66. The Morgan fingerprint density at radius 1 is 1.42 bits per heavy atom. The van der Waals surface area contributed by atoms with Gasteiger partial charge in [-0.25, -0.2) is 18.4 Å². The highest BCUT2D eigenvalue weighted by molar-refractivity contribution is 7.89. The van der Waals surface area contributed by atoms with Gasteiger partial charge in [0.2, 0.25) is 10.0 Å². The second-order valence-electron chi connectivity index (χ2n) is 7.03. The normalized spacial score (nSPS) is 18.3. The molecule has 0 spiro atoms. The summed E-state index contributed by atoms with van der Waals surface area (Å²) >= 11 is 0. The summed E-state index contributed by atoms with van der Waals surface area (Å²) in [7, 11) is -3.93. The molecule has 134 valence electrons. The summed E-state index contributed by atoms with van der Waals surface area (Å²) in [6.45, 7) is 7.96. The first kappa shape index (κ1) is 18.7. The van der Waals surface area contributed by atoms with Gasteiger partial charge in [0, 0.05) is 25.3 Å².